The molecule has 0 aromatic carbocycles. The van der Waals surface area contributed by atoms with E-state index >= 15 is 0 Å². The van der Waals surface area contributed by atoms with Gasteiger partial charge < -0.3 is 14.4 Å². The third-order valence-electron chi connectivity index (χ3n) is 4.28. The van der Waals surface area contributed by atoms with Crippen LogP contribution in [0, 0.1) is 0 Å². The second kappa shape index (κ2) is 5.71. The Morgan fingerprint density at radius 1 is 1.30 bits per heavy atom. The van der Waals surface area contributed by atoms with Crippen LogP contribution in [0.1, 0.15) is 0 Å². The van der Waals surface area contributed by atoms with Crippen LogP contribution in [-0.4, -0.2) is 58.0 Å². The lowest BCUT2D eigenvalue weighted by Gasteiger charge is -2.37. The van der Waals surface area contributed by atoms with Gasteiger partial charge in [-0.25, -0.2) is 15.0 Å². The summed E-state index contributed by atoms with van der Waals surface area (Å²) in [7, 11) is 1.73. The first-order chi connectivity index (χ1) is 11.2. The summed E-state index contributed by atoms with van der Waals surface area (Å²) < 4.78 is 12.8. The van der Waals surface area contributed by atoms with Crippen LogP contribution in [0.25, 0.3) is 11.4 Å². The van der Waals surface area contributed by atoms with Crippen molar-refractivity contribution in [1.82, 2.24) is 19.5 Å². The van der Waals surface area contributed by atoms with Gasteiger partial charge in [0, 0.05) is 25.9 Å². The van der Waals surface area contributed by atoms with Gasteiger partial charge in [0.05, 0.1) is 37.3 Å². The van der Waals surface area contributed by atoms with Crippen LogP contribution >= 0.6 is 0 Å². The zero-order chi connectivity index (χ0) is 15.8. The molecule has 0 spiro atoms. The van der Waals surface area contributed by atoms with E-state index < -0.39 is 0 Å². The Labute approximate surface area is 132 Å². The Morgan fingerprint density at radius 2 is 2.22 bits per heavy atom. The van der Waals surface area contributed by atoms with Crippen molar-refractivity contribution in [2.24, 2.45) is 7.05 Å². The van der Waals surface area contributed by atoms with Gasteiger partial charge in [0.1, 0.15) is 12.4 Å². The van der Waals surface area contributed by atoms with E-state index in [-0.39, 0.29) is 17.7 Å². The smallest absolute Gasteiger partial charge is 0.255 e. The van der Waals surface area contributed by atoms with Crippen molar-refractivity contribution < 1.29 is 9.47 Å². The van der Waals surface area contributed by atoms with Crippen molar-refractivity contribution >= 4 is 5.95 Å². The molecular formula is C15H17N5O3. The second-order valence-electron chi connectivity index (χ2n) is 5.64. The number of nitrogens with zero attached hydrogens (tertiary/aromatic N) is 5. The Morgan fingerprint density at radius 3 is 3.04 bits per heavy atom. The van der Waals surface area contributed by atoms with Crippen molar-refractivity contribution in [1.29, 1.82) is 0 Å². The zero-order valence-corrected chi connectivity index (χ0v) is 12.8. The van der Waals surface area contributed by atoms with E-state index in [4.69, 9.17) is 9.47 Å². The van der Waals surface area contributed by atoms with Gasteiger partial charge in [-0.15, -0.1) is 0 Å². The largest absolute Gasteiger partial charge is 0.376 e. The summed E-state index contributed by atoms with van der Waals surface area (Å²) >= 11 is 0. The van der Waals surface area contributed by atoms with E-state index in [9.17, 15) is 4.79 Å². The molecule has 4 heterocycles. The Bertz CT molecular complexity index is 763. The fourth-order valence-corrected chi connectivity index (χ4v) is 3.05. The van der Waals surface area contributed by atoms with Gasteiger partial charge in [-0.1, -0.05) is 0 Å². The summed E-state index contributed by atoms with van der Waals surface area (Å²) in [5.41, 5.74) is 1.06. The average molecular weight is 315 g/mol. The maximum Gasteiger partial charge on any atom is 0.255 e. The number of morpholine rings is 1. The van der Waals surface area contributed by atoms with Gasteiger partial charge >= 0.3 is 0 Å². The molecule has 0 aliphatic carbocycles. The number of anilines is 1. The molecule has 4 rings (SSSR count). The van der Waals surface area contributed by atoms with E-state index in [0.29, 0.717) is 43.7 Å². The summed E-state index contributed by atoms with van der Waals surface area (Å²) in [6, 6.07) is 3.32. The zero-order valence-electron chi connectivity index (χ0n) is 12.8. The molecule has 0 unspecified atom stereocenters. The Balaban J connectivity index is 1.79. The molecule has 2 aliphatic heterocycles. The highest BCUT2D eigenvalue weighted by atomic mass is 16.6. The van der Waals surface area contributed by atoms with Crippen molar-refractivity contribution in [3.05, 3.63) is 35.0 Å². The van der Waals surface area contributed by atoms with Crippen molar-refractivity contribution in [2.45, 2.75) is 12.1 Å². The molecule has 2 aromatic rings. The van der Waals surface area contributed by atoms with Crippen LogP contribution in [0.5, 0.6) is 0 Å². The second-order valence-corrected chi connectivity index (χ2v) is 5.64. The number of aromatic nitrogens is 4. The first-order valence-corrected chi connectivity index (χ1v) is 7.54. The number of hydrogen-bond donors (Lipinski definition) is 0. The van der Waals surface area contributed by atoms with Gasteiger partial charge in [-0.05, 0) is 6.07 Å². The molecule has 2 aromatic heterocycles. The molecule has 8 nitrogen and oxygen atoms in total. The van der Waals surface area contributed by atoms with Crippen molar-refractivity contribution in [3.63, 3.8) is 0 Å². The molecule has 2 aliphatic rings. The molecular weight excluding hydrogens is 298 g/mol. The minimum absolute atomic E-state index is 0.0309. The Kier molecular flexibility index (Phi) is 3.55. The van der Waals surface area contributed by atoms with Gasteiger partial charge in [-0.3, -0.25) is 9.36 Å². The standard InChI is InChI=1S/C15H17N5O3/c1-19-14(21)6-11(10-2-3-16-9-17-10)18-15(19)20-4-5-23-13-8-22-7-12(13)20/h2-3,6,9,12-13H,4-5,7-8H2,1H3/t12-,13-/m0/s1. The molecule has 0 radical (unpaired) electrons. The minimum Gasteiger partial charge on any atom is -0.376 e. The van der Waals surface area contributed by atoms with E-state index in [2.05, 4.69) is 19.9 Å². The number of rotatable bonds is 2. The van der Waals surface area contributed by atoms with Gasteiger partial charge in [0.25, 0.3) is 5.56 Å². The normalized spacial score (nSPS) is 23.8. The third kappa shape index (κ3) is 2.49. The summed E-state index contributed by atoms with van der Waals surface area (Å²) in [5, 5.41) is 0. The van der Waals surface area contributed by atoms with Gasteiger partial charge in [0.15, 0.2) is 0 Å². The topological polar surface area (TPSA) is 82.4 Å². The molecule has 8 heteroatoms. The lowest BCUT2D eigenvalue weighted by Crippen LogP contribution is -2.52. The van der Waals surface area contributed by atoms with Crippen LogP contribution in [0.15, 0.2) is 29.5 Å². The van der Waals surface area contributed by atoms with Crippen molar-refractivity contribution in [2.75, 3.05) is 31.3 Å². The summed E-state index contributed by atoms with van der Waals surface area (Å²) in [4.78, 5) is 27.2. The van der Waals surface area contributed by atoms with Crippen LogP contribution in [0.4, 0.5) is 5.95 Å². The maximum absolute atomic E-state index is 12.4. The molecule has 0 saturated carbocycles. The fraction of sp³-hybridized carbons (Fsp3) is 0.467. The average Bonchev–Trinajstić information content (AvgIpc) is 3.07. The van der Waals surface area contributed by atoms with E-state index in [1.54, 1.807) is 23.9 Å². The van der Waals surface area contributed by atoms with E-state index in [1.807, 2.05) is 0 Å². The molecule has 2 fully saturated rings. The summed E-state index contributed by atoms with van der Waals surface area (Å²) in [6.07, 6.45) is 3.11. The predicted molar refractivity (Wildman–Crippen MR) is 82.2 cm³/mol. The lowest BCUT2D eigenvalue weighted by atomic mass is 10.1. The highest BCUT2D eigenvalue weighted by Gasteiger charge is 2.38. The van der Waals surface area contributed by atoms with E-state index in [0.717, 1.165) is 0 Å². The molecule has 23 heavy (non-hydrogen) atoms. The molecule has 0 amide bonds. The number of hydrogen-bond acceptors (Lipinski definition) is 7. The monoisotopic (exact) mass is 315 g/mol. The molecule has 0 bridgehead atoms. The lowest BCUT2D eigenvalue weighted by molar-refractivity contribution is 0.0217. The number of ether oxygens (including phenoxy) is 2. The summed E-state index contributed by atoms with van der Waals surface area (Å²) in [6.45, 7) is 2.44. The Hall–Kier alpha value is -2.32. The third-order valence-corrected chi connectivity index (χ3v) is 4.28. The highest BCUT2D eigenvalue weighted by Crippen LogP contribution is 2.25. The predicted octanol–water partition coefficient (Wildman–Crippen LogP) is -0.159. The SMILES string of the molecule is Cn1c(N2CCO[C@H]3COC[C@@H]32)nc(-c2ccncn2)cc1=O. The highest BCUT2D eigenvalue weighted by molar-refractivity contribution is 5.55. The van der Waals surface area contributed by atoms with Crippen molar-refractivity contribution in [3.8, 4) is 11.4 Å². The molecule has 2 atom stereocenters. The van der Waals surface area contributed by atoms with Gasteiger partial charge in [0.2, 0.25) is 5.95 Å². The quantitative estimate of drug-likeness (QED) is 0.761. The molecule has 120 valence electrons. The van der Waals surface area contributed by atoms with Crippen LogP contribution < -0.4 is 10.5 Å². The first kappa shape index (κ1) is 14.3. The minimum atomic E-state index is -0.120. The molecule has 2 saturated heterocycles. The van der Waals surface area contributed by atoms with Crippen LogP contribution in [0.3, 0.4) is 0 Å². The summed E-state index contributed by atoms with van der Waals surface area (Å²) in [5.74, 6) is 0.620. The first-order valence-electron chi connectivity index (χ1n) is 7.54. The number of fused-ring (bicyclic) bond motifs is 1. The molecule has 0 N–H and O–H groups in total. The van der Waals surface area contributed by atoms with Gasteiger partial charge in [-0.2, -0.15) is 0 Å². The fourth-order valence-electron chi connectivity index (χ4n) is 3.05. The van der Waals surface area contributed by atoms with Crippen LogP contribution in [0.2, 0.25) is 0 Å². The maximum atomic E-state index is 12.4. The van der Waals surface area contributed by atoms with E-state index in [1.165, 1.54) is 12.4 Å². The van der Waals surface area contributed by atoms with Crippen LogP contribution in [-0.2, 0) is 16.5 Å².